The van der Waals surface area contributed by atoms with Gasteiger partial charge in [0.25, 0.3) is 11.8 Å². The molecule has 0 aliphatic carbocycles. The summed E-state index contributed by atoms with van der Waals surface area (Å²) in [6.07, 6.45) is 1.51. The lowest BCUT2D eigenvalue weighted by Crippen LogP contribution is -2.34. The lowest BCUT2D eigenvalue weighted by atomic mass is 10.2. The first-order valence-corrected chi connectivity index (χ1v) is 10.7. The van der Waals surface area contributed by atoms with Gasteiger partial charge in [-0.1, -0.05) is 60.1 Å². The van der Waals surface area contributed by atoms with E-state index in [1.807, 2.05) is 48.5 Å². The molecule has 0 aliphatic rings. The molecule has 2 N–H and O–H groups in total. The van der Waals surface area contributed by atoms with E-state index in [2.05, 4.69) is 10.6 Å². The van der Waals surface area contributed by atoms with Gasteiger partial charge in [0.1, 0.15) is 17.2 Å². The van der Waals surface area contributed by atoms with Crippen LogP contribution in [0.2, 0.25) is 5.02 Å². The van der Waals surface area contributed by atoms with Crippen molar-refractivity contribution in [2.24, 2.45) is 0 Å². The molecule has 164 valence electrons. The van der Waals surface area contributed by atoms with E-state index >= 15 is 0 Å². The number of halogens is 1. The normalized spacial score (nSPS) is 11.1. The molecule has 0 saturated carbocycles. The van der Waals surface area contributed by atoms with E-state index in [1.54, 1.807) is 48.5 Å². The highest BCUT2D eigenvalue weighted by atomic mass is 35.5. The highest BCUT2D eigenvalue weighted by Crippen LogP contribution is 2.24. The molecule has 0 fully saturated rings. The van der Waals surface area contributed by atoms with Gasteiger partial charge >= 0.3 is 0 Å². The van der Waals surface area contributed by atoms with Crippen LogP contribution in [0.4, 0.5) is 0 Å². The smallest absolute Gasteiger partial charge is 0.268 e. The van der Waals surface area contributed by atoms with Gasteiger partial charge in [0.2, 0.25) is 0 Å². The predicted molar refractivity (Wildman–Crippen MR) is 129 cm³/mol. The number of furan rings is 1. The highest BCUT2D eigenvalue weighted by Gasteiger charge is 2.16. The molecule has 3 aromatic carbocycles. The number of rotatable bonds is 7. The lowest BCUT2D eigenvalue weighted by Gasteiger charge is -2.11. The Morgan fingerprint density at radius 3 is 2.18 bits per heavy atom. The fraction of sp³-hybridized carbons (Fsp3) is 0.0370. The van der Waals surface area contributed by atoms with Gasteiger partial charge in [-0.25, -0.2) is 0 Å². The summed E-state index contributed by atoms with van der Waals surface area (Å²) in [6, 6.07) is 29.0. The average Bonchev–Trinajstić information content (AvgIpc) is 3.32. The third kappa shape index (κ3) is 5.99. The Morgan fingerprint density at radius 1 is 0.818 bits per heavy atom. The van der Waals surface area contributed by atoms with Crippen molar-refractivity contribution < 1.29 is 14.0 Å². The van der Waals surface area contributed by atoms with Gasteiger partial charge in [-0.3, -0.25) is 9.59 Å². The molecular weight excluding hydrogens is 436 g/mol. The molecule has 33 heavy (non-hydrogen) atoms. The molecule has 0 aliphatic heterocycles. The molecular formula is C27H21ClN2O3. The zero-order valence-electron chi connectivity index (χ0n) is 17.6. The van der Waals surface area contributed by atoms with Crippen LogP contribution < -0.4 is 10.6 Å². The quantitative estimate of drug-likeness (QED) is 0.351. The van der Waals surface area contributed by atoms with Crippen LogP contribution in [0, 0.1) is 0 Å². The van der Waals surface area contributed by atoms with Crippen molar-refractivity contribution in [1.82, 2.24) is 10.6 Å². The van der Waals surface area contributed by atoms with Crippen LogP contribution in [-0.2, 0) is 11.3 Å². The SMILES string of the molecule is O=C(NCc1ccccc1)C(=Cc1ccc(-c2ccc(Cl)cc2)o1)NC(=O)c1ccccc1. The van der Waals surface area contributed by atoms with Crippen LogP contribution in [0.1, 0.15) is 21.7 Å². The second-order valence-corrected chi connectivity index (χ2v) is 7.69. The molecule has 0 saturated heterocycles. The van der Waals surface area contributed by atoms with Gasteiger partial charge in [0, 0.05) is 28.8 Å². The fourth-order valence-corrected chi connectivity index (χ4v) is 3.28. The largest absolute Gasteiger partial charge is 0.457 e. The Labute approximate surface area is 196 Å². The van der Waals surface area contributed by atoms with Gasteiger partial charge in [-0.05, 0) is 54.1 Å². The fourth-order valence-electron chi connectivity index (χ4n) is 3.16. The number of nitrogens with one attached hydrogen (secondary N) is 2. The van der Waals surface area contributed by atoms with Crippen LogP contribution in [0.5, 0.6) is 0 Å². The highest BCUT2D eigenvalue weighted by molar-refractivity contribution is 6.30. The van der Waals surface area contributed by atoms with Crippen molar-refractivity contribution in [1.29, 1.82) is 0 Å². The van der Waals surface area contributed by atoms with E-state index in [9.17, 15) is 9.59 Å². The Morgan fingerprint density at radius 2 is 1.48 bits per heavy atom. The minimum atomic E-state index is -0.424. The molecule has 1 heterocycles. The first kappa shape index (κ1) is 22.1. The van der Waals surface area contributed by atoms with Crippen LogP contribution in [0.3, 0.4) is 0 Å². The Kier molecular flexibility index (Phi) is 7.03. The summed E-state index contributed by atoms with van der Waals surface area (Å²) >= 11 is 5.96. The number of carbonyl (C=O) groups is 2. The van der Waals surface area contributed by atoms with E-state index in [4.69, 9.17) is 16.0 Å². The molecule has 6 heteroatoms. The van der Waals surface area contributed by atoms with Crippen LogP contribution in [0.25, 0.3) is 17.4 Å². The van der Waals surface area contributed by atoms with Gasteiger partial charge in [-0.15, -0.1) is 0 Å². The van der Waals surface area contributed by atoms with Crippen molar-refractivity contribution >= 4 is 29.5 Å². The first-order chi connectivity index (χ1) is 16.1. The standard InChI is InChI=1S/C27H21ClN2O3/c28-22-13-11-20(12-14-22)25-16-15-23(33-25)17-24(30-26(31)21-9-5-2-6-10-21)27(32)29-18-19-7-3-1-4-8-19/h1-17H,18H2,(H,29,32)(H,30,31). The van der Waals surface area contributed by atoms with E-state index in [-0.39, 0.29) is 11.6 Å². The summed E-state index contributed by atoms with van der Waals surface area (Å²) < 4.78 is 5.89. The number of carbonyl (C=O) groups excluding carboxylic acids is 2. The lowest BCUT2D eigenvalue weighted by molar-refractivity contribution is -0.117. The second kappa shape index (κ2) is 10.5. The molecule has 5 nitrogen and oxygen atoms in total. The van der Waals surface area contributed by atoms with Crippen LogP contribution in [-0.4, -0.2) is 11.8 Å². The summed E-state index contributed by atoms with van der Waals surface area (Å²) in [6.45, 7) is 0.326. The maximum Gasteiger partial charge on any atom is 0.268 e. The minimum absolute atomic E-state index is 0.0804. The first-order valence-electron chi connectivity index (χ1n) is 10.3. The molecule has 1 aromatic heterocycles. The molecule has 0 radical (unpaired) electrons. The van der Waals surface area contributed by atoms with Crippen molar-refractivity contribution in [2.75, 3.05) is 0 Å². The third-order valence-corrected chi connectivity index (χ3v) is 5.12. The van der Waals surface area contributed by atoms with E-state index in [1.165, 1.54) is 6.08 Å². The molecule has 4 rings (SSSR count). The number of hydrogen-bond acceptors (Lipinski definition) is 3. The number of hydrogen-bond donors (Lipinski definition) is 2. The molecule has 0 spiro atoms. The van der Waals surface area contributed by atoms with Crippen molar-refractivity contribution in [3.63, 3.8) is 0 Å². The van der Waals surface area contributed by atoms with Crippen LogP contribution in [0.15, 0.2) is 107 Å². The van der Waals surface area contributed by atoms with Gasteiger partial charge < -0.3 is 15.1 Å². The summed E-state index contributed by atoms with van der Waals surface area (Å²) in [4.78, 5) is 25.7. The molecule has 0 atom stereocenters. The topological polar surface area (TPSA) is 71.3 Å². The number of amides is 2. The monoisotopic (exact) mass is 456 g/mol. The number of benzene rings is 3. The van der Waals surface area contributed by atoms with E-state index in [0.717, 1.165) is 11.1 Å². The van der Waals surface area contributed by atoms with Crippen molar-refractivity contribution in [3.05, 3.63) is 125 Å². The van der Waals surface area contributed by atoms with E-state index in [0.29, 0.717) is 28.7 Å². The average molecular weight is 457 g/mol. The Balaban J connectivity index is 1.57. The molecule has 0 bridgehead atoms. The van der Waals surface area contributed by atoms with Gasteiger partial charge in [0.05, 0.1) is 0 Å². The predicted octanol–water partition coefficient (Wildman–Crippen LogP) is 5.69. The molecule has 4 aromatic rings. The maximum absolute atomic E-state index is 13.0. The van der Waals surface area contributed by atoms with Crippen molar-refractivity contribution in [3.8, 4) is 11.3 Å². The van der Waals surface area contributed by atoms with Gasteiger partial charge in [-0.2, -0.15) is 0 Å². The summed E-state index contributed by atoms with van der Waals surface area (Å²) in [5.41, 5.74) is 2.32. The summed E-state index contributed by atoms with van der Waals surface area (Å²) in [5.74, 6) is 0.239. The van der Waals surface area contributed by atoms with E-state index < -0.39 is 5.91 Å². The third-order valence-electron chi connectivity index (χ3n) is 4.87. The Hall–Kier alpha value is -4.09. The summed E-state index contributed by atoms with van der Waals surface area (Å²) in [7, 11) is 0. The zero-order chi connectivity index (χ0) is 23.0. The van der Waals surface area contributed by atoms with Crippen molar-refractivity contribution in [2.45, 2.75) is 6.54 Å². The summed E-state index contributed by atoms with van der Waals surface area (Å²) in [5, 5.41) is 6.18. The zero-order valence-corrected chi connectivity index (χ0v) is 18.4. The molecule has 0 unspecified atom stereocenters. The van der Waals surface area contributed by atoms with Gasteiger partial charge in [0.15, 0.2) is 0 Å². The Bertz CT molecular complexity index is 1260. The second-order valence-electron chi connectivity index (χ2n) is 7.26. The minimum Gasteiger partial charge on any atom is -0.457 e. The molecule has 2 amide bonds. The maximum atomic E-state index is 13.0. The van der Waals surface area contributed by atoms with Crippen LogP contribution >= 0.6 is 11.6 Å².